The molecule has 2 heterocycles. The summed E-state index contributed by atoms with van der Waals surface area (Å²) in [5.41, 5.74) is 0.928. The second kappa shape index (κ2) is 5.39. The third-order valence-corrected chi connectivity index (χ3v) is 2.75. The zero-order valence-electron chi connectivity index (χ0n) is 8.54. The van der Waals surface area contributed by atoms with Crippen molar-refractivity contribution in [2.75, 3.05) is 13.1 Å². The second-order valence-electron chi connectivity index (χ2n) is 3.77. The smallest absolute Gasteiger partial charge is 0.151 e. The fraction of sp³-hybridized carbons (Fsp3) is 0.600. The van der Waals surface area contributed by atoms with Crippen molar-refractivity contribution in [3.63, 3.8) is 0 Å². The van der Waals surface area contributed by atoms with Crippen LogP contribution in [0.25, 0.3) is 0 Å². The molecule has 1 aliphatic rings. The monoisotopic (exact) mass is 226 g/mol. The van der Waals surface area contributed by atoms with Crippen molar-refractivity contribution in [3.8, 4) is 0 Å². The van der Waals surface area contributed by atoms with Crippen LogP contribution in [0, 0.1) is 0 Å². The molecule has 1 aliphatic heterocycles. The van der Waals surface area contributed by atoms with Gasteiger partial charge in [0.2, 0.25) is 0 Å². The first kappa shape index (κ1) is 10.8. The van der Waals surface area contributed by atoms with Crippen LogP contribution in [0.2, 0.25) is 5.15 Å². The lowest BCUT2D eigenvalue weighted by molar-refractivity contribution is 0.531. The Bertz CT molecular complexity index is 295. The molecule has 1 aromatic heterocycles. The Morgan fingerprint density at radius 1 is 1.47 bits per heavy atom. The number of hydrogen-bond donors (Lipinski definition) is 2. The highest BCUT2D eigenvalue weighted by molar-refractivity contribution is 6.29. The van der Waals surface area contributed by atoms with Crippen LogP contribution in [0.3, 0.4) is 0 Å². The van der Waals surface area contributed by atoms with E-state index in [-0.39, 0.29) is 0 Å². The molecule has 1 fully saturated rings. The first-order valence-electron chi connectivity index (χ1n) is 5.27. The van der Waals surface area contributed by atoms with Crippen molar-refractivity contribution in [3.05, 3.63) is 23.0 Å². The van der Waals surface area contributed by atoms with Crippen LogP contribution in [0.4, 0.5) is 0 Å². The van der Waals surface area contributed by atoms with Crippen LogP contribution in [0.5, 0.6) is 0 Å². The molecule has 0 aliphatic carbocycles. The zero-order chi connectivity index (χ0) is 10.5. The van der Waals surface area contributed by atoms with Gasteiger partial charge in [-0.2, -0.15) is 5.10 Å². The predicted octanol–water partition coefficient (Wildman–Crippen LogP) is 0.972. The lowest BCUT2D eigenvalue weighted by atomic mass is 10.2. The summed E-state index contributed by atoms with van der Waals surface area (Å²) in [5, 5.41) is 15.0. The van der Waals surface area contributed by atoms with Gasteiger partial charge in [0, 0.05) is 19.1 Å². The Morgan fingerprint density at radius 3 is 3.07 bits per heavy atom. The van der Waals surface area contributed by atoms with Gasteiger partial charge in [-0.25, -0.2) is 0 Å². The first-order chi connectivity index (χ1) is 7.34. The molecular weight excluding hydrogens is 212 g/mol. The second-order valence-corrected chi connectivity index (χ2v) is 4.16. The molecule has 0 amide bonds. The van der Waals surface area contributed by atoms with Crippen LogP contribution in [-0.2, 0) is 6.54 Å². The maximum Gasteiger partial charge on any atom is 0.151 e. The van der Waals surface area contributed by atoms with Crippen LogP contribution in [0.15, 0.2) is 12.1 Å². The van der Waals surface area contributed by atoms with E-state index in [1.807, 2.05) is 6.07 Å². The van der Waals surface area contributed by atoms with Crippen molar-refractivity contribution in [2.24, 2.45) is 0 Å². The Morgan fingerprint density at radius 2 is 2.40 bits per heavy atom. The molecule has 0 spiro atoms. The van der Waals surface area contributed by atoms with Crippen molar-refractivity contribution in [1.29, 1.82) is 0 Å². The van der Waals surface area contributed by atoms with Crippen LogP contribution >= 0.6 is 11.6 Å². The molecule has 0 radical (unpaired) electrons. The van der Waals surface area contributed by atoms with Gasteiger partial charge in [0.05, 0.1) is 5.69 Å². The SMILES string of the molecule is Clc1ccc(CNCC2CCCN2)nn1. The van der Waals surface area contributed by atoms with E-state index in [4.69, 9.17) is 11.6 Å². The van der Waals surface area contributed by atoms with Gasteiger partial charge >= 0.3 is 0 Å². The summed E-state index contributed by atoms with van der Waals surface area (Å²) >= 11 is 5.65. The van der Waals surface area contributed by atoms with Gasteiger partial charge in [-0.15, -0.1) is 5.10 Å². The van der Waals surface area contributed by atoms with E-state index < -0.39 is 0 Å². The average molecular weight is 227 g/mol. The van der Waals surface area contributed by atoms with E-state index in [1.165, 1.54) is 12.8 Å². The van der Waals surface area contributed by atoms with Crippen molar-refractivity contribution >= 4 is 11.6 Å². The van der Waals surface area contributed by atoms with Crippen LogP contribution in [0.1, 0.15) is 18.5 Å². The Kier molecular flexibility index (Phi) is 3.88. The van der Waals surface area contributed by atoms with Gasteiger partial charge in [-0.1, -0.05) is 11.6 Å². The molecule has 2 N–H and O–H groups in total. The number of nitrogens with one attached hydrogen (secondary N) is 2. The largest absolute Gasteiger partial charge is 0.313 e. The molecule has 1 unspecified atom stereocenters. The van der Waals surface area contributed by atoms with Gasteiger partial charge in [0.15, 0.2) is 5.15 Å². The Labute approximate surface area is 94.4 Å². The number of rotatable bonds is 4. The molecule has 4 nitrogen and oxygen atoms in total. The van der Waals surface area contributed by atoms with Gasteiger partial charge in [0.25, 0.3) is 0 Å². The molecule has 15 heavy (non-hydrogen) atoms. The quantitative estimate of drug-likeness (QED) is 0.804. The van der Waals surface area contributed by atoms with Crippen LogP contribution in [-0.4, -0.2) is 29.3 Å². The standard InChI is InChI=1S/C10H15ClN4/c11-10-4-3-9(14-15-10)7-12-6-8-2-1-5-13-8/h3-4,8,12-13H,1-2,5-7H2. The summed E-state index contributed by atoms with van der Waals surface area (Å²) in [4.78, 5) is 0. The lowest BCUT2D eigenvalue weighted by Gasteiger charge is -2.10. The van der Waals surface area contributed by atoms with Gasteiger partial charge in [-0.3, -0.25) is 0 Å². The minimum absolute atomic E-state index is 0.441. The summed E-state index contributed by atoms with van der Waals surface area (Å²) < 4.78 is 0. The first-order valence-corrected chi connectivity index (χ1v) is 5.64. The minimum Gasteiger partial charge on any atom is -0.313 e. The highest BCUT2D eigenvalue weighted by atomic mass is 35.5. The number of aromatic nitrogens is 2. The van der Waals surface area contributed by atoms with Crippen molar-refractivity contribution in [2.45, 2.75) is 25.4 Å². The molecule has 0 aromatic carbocycles. The van der Waals surface area contributed by atoms with Gasteiger partial charge in [-0.05, 0) is 31.5 Å². The van der Waals surface area contributed by atoms with E-state index in [2.05, 4.69) is 20.8 Å². The van der Waals surface area contributed by atoms with Gasteiger partial charge in [0.1, 0.15) is 0 Å². The third kappa shape index (κ3) is 3.41. The molecule has 1 atom stereocenters. The molecule has 2 rings (SSSR count). The molecule has 1 saturated heterocycles. The maximum atomic E-state index is 5.65. The Balaban J connectivity index is 1.71. The van der Waals surface area contributed by atoms with E-state index >= 15 is 0 Å². The highest BCUT2D eigenvalue weighted by Gasteiger charge is 2.12. The molecule has 0 bridgehead atoms. The van der Waals surface area contributed by atoms with Crippen LogP contribution < -0.4 is 10.6 Å². The van der Waals surface area contributed by atoms with E-state index in [0.29, 0.717) is 11.2 Å². The lowest BCUT2D eigenvalue weighted by Crippen LogP contribution is -2.33. The fourth-order valence-electron chi connectivity index (χ4n) is 1.74. The number of halogens is 1. The number of nitrogens with zero attached hydrogens (tertiary/aromatic N) is 2. The molecule has 0 saturated carbocycles. The van der Waals surface area contributed by atoms with E-state index in [1.54, 1.807) is 6.07 Å². The molecule has 5 heteroatoms. The topological polar surface area (TPSA) is 49.8 Å². The molecular formula is C10H15ClN4. The van der Waals surface area contributed by atoms with E-state index in [0.717, 1.165) is 25.3 Å². The maximum absolute atomic E-state index is 5.65. The molecule has 1 aromatic rings. The summed E-state index contributed by atoms with van der Waals surface area (Å²) in [6.45, 7) is 2.89. The summed E-state index contributed by atoms with van der Waals surface area (Å²) in [7, 11) is 0. The predicted molar refractivity (Wildman–Crippen MR) is 59.8 cm³/mol. The zero-order valence-corrected chi connectivity index (χ0v) is 9.30. The van der Waals surface area contributed by atoms with Crippen molar-refractivity contribution < 1.29 is 0 Å². The summed E-state index contributed by atoms with van der Waals surface area (Å²) in [6.07, 6.45) is 2.55. The fourth-order valence-corrected chi connectivity index (χ4v) is 1.84. The van der Waals surface area contributed by atoms with Crippen molar-refractivity contribution in [1.82, 2.24) is 20.8 Å². The minimum atomic E-state index is 0.441. The Hall–Kier alpha value is -0.710. The normalized spacial score (nSPS) is 20.7. The number of hydrogen-bond acceptors (Lipinski definition) is 4. The molecule has 82 valence electrons. The summed E-state index contributed by atoms with van der Waals surface area (Å²) in [5.74, 6) is 0. The average Bonchev–Trinajstić information content (AvgIpc) is 2.74. The van der Waals surface area contributed by atoms with E-state index in [9.17, 15) is 0 Å². The summed E-state index contributed by atoms with van der Waals surface area (Å²) in [6, 6.07) is 4.27. The third-order valence-electron chi connectivity index (χ3n) is 2.55. The highest BCUT2D eigenvalue weighted by Crippen LogP contribution is 2.04. The van der Waals surface area contributed by atoms with Gasteiger partial charge < -0.3 is 10.6 Å².